The Balaban J connectivity index is 2.35. The van der Waals surface area contributed by atoms with Gasteiger partial charge in [-0.25, -0.2) is 4.79 Å². The van der Waals surface area contributed by atoms with Gasteiger partial charge in [-0.3, -0.25) is 4.79 Å². The van der Waals surface area contributed by atoms with Crippen molar-refractivity contribution in [3.63, 3.8) is 0 Å². The van der Waals surface area contributed by atoms with Crippen LogP contribution < -0.4 is 10.6 Å². The monoisotopic (exact) mass is 242 g/mol. The number of amides is 2. The molecule has 0 heterocycles. The van der Waals surface area contributed by atoms with E-state index in [0.717, 1.165) is 0 Å². The summed E-state index contributed by atoms with van der Waals surface area (Å²) in [5.41, 5.74) is 0.486. The number of carbonyl (C=O) groups is 2. The molecule has 5 nitrogen and oxygen atoms in total. The summed E-state index contributed by atoms with van der Waals surface area (Å²) in [6.45, 7) is 0.419. The zero-order chi connectivity index (χ0) is 12.0. The van der Waals surface area contributed by atoms with E-state index in [9.17, 15) is 9.59 Å². The van der Waals surface area contributed by atoms with E-state index in [1.54, 1.807) is 24.3 Å². The molecule has 0 saturated heterocycles. The highest BCUT2D eigenvalue weighted by molar-refractivity contribution is 6.30. The highest BCUT2D eigenvalue weighted by atomic mass is 35.5. The van der Waals surface area contributed by atoms with Gasteiger partial charge in [-0.05, 0) is 24.3 Å². The van der Waals surface area contributed by atoms with Gasteiger partial charge in [0.25, 0.3) is 5.91 Å². The Morgan fingerprint density at radius 2 is 1.69 bits per heavy atom. The van der Waals surface area contributed by atoms with Crippen molar-refractivity contribution in [3.05, 3.63) is 34.9 Å². The van der Waals surface area contributed by atoms with Gasteiger partial charge >= 0.3 is 6.09 Å². The van der Waals surface area contributed by atoms with Crippen LogP contribution in [0.15, 0.2) is 24.3 Å². The first kappa shape index (κ1) is 12.3. The quantitative estimate of drug-likeness (QED) is 0.697. The molecule has 0 unspecified atom stereocenters. The molecule has 0 spiro atoms. The maximum absolute atomic E-state index is 11.5. The van der Waals surface area contributed by atoms with Gasteiger partial charge in [-0.15, -0.1) is 0 Å². The van der Waals surface area contributed by atoms with Crippen molar-refractivity contribution in [1.29, 1.82) is 0 Å². The number of rotatable bonds is 4. The highest BCUT2D eigenvalue weighted by Gasteiger charge is 2.04. The number of hydrogen-bond acceptors (Lipinski definition) is 2. The molecule has 0 bridgehead atoms. The summed E-state index contributed by atoms with van der Waals surface area (Å²) in [6.07, 6.45) is -1.11. The van der Waals surface area contributed by atoms with Gasteiger partial charge in [-0.1, -0.05) is 11.6 Å². The SMILES string of the molecule is O=C(O)NCCNC(=O)c1ccc(Cl)cc1. The predicted molar refractivity (Wildman–Crippen MR) is 59.8 cm³/mol. The molecule has 0 atom stereocenters. The van der Waals surface area contributed by atoms with Crippen molar-refractivity contribution in [1.82, 2.24) is 10.6 Å². The summed E-state index contributed by atoms with van der Waals surface area (Å²) in [5.74, 6) is -0.260. The zero-order valence-corrected chi connectivity index (χ0v) is 9.12. The number of carbonyl (C=O) groups excluding carboxylic acids is 1. The molecule has 1 aromatic carbocycles. The normalized spacial score (nSPS) is 9.56. The molecule has 2 amide bonds. The summed E-state index contributed by atoms with van der Waals surface area (Å²) in [4.78, 5) is 21.6. The minimum atomic E-state index is -1.11. The molecule has 16 heavy (non-hydrogen) atoms. The number of halogens is 1. The molecule has 0 radical (unpaired) electrons. The Morgan fingerprint density at radius 1 is 1.12 bits per heavy atom. The smallest absolute Gasteiger partial charge is 0.404 e. The lowest BCUT2D eigenvalue weighted by Crippen LogP contribution is -2.33. The third-order valence-electron chi connectivity index (χ3n) is 1.79. The third-order valence-corrected chi connectivity index (χ3v) is 2.05. The van der Waals surface area contributed by atoms with Gasteiger partial charge in [-0.2, -0.15) is 0 Å². The van der Waals surface area contributed by atoms with E-state index in [2.05, 4.69) is 10.6 Å². The highest BCUT2D eigenvalue weighted by Crippen LogP contribution is 2.08. The Bertz CT molecular complexity index is 378. The van der Waals surface area contributed by atoms with Gasteiger partial charge in [0, 0.05) is 23.7 Å². The number of hydrogen-bond donors (Lipinski definition) is 3. The van der Waals surface area contributed by atoms with E-state index in [0.29, 0.717) is 10.6 Å². The molecule has 0 fully saturated rings. The minimum absolute atomic E-state index is 0.175. The first-order valence-electron chi connectivity index (χ1n) is 4.60. The molecule has 1 rings (SSSR count). The molecule has 0 saturated carbocycles. The fourth-order valence-electron chi connectivity index (χ4n) is 1.05. The average molecular weight is 243 g/mol. The van der Waals surface area contributed by atoms with Crippen LogP contribution in [0.25, 0.3) is 0 Å². The largest absolute Gasteiger partial charge is 0.465 e. The average Bonchev–Trinajstić information content (AvgIpc) is 2.25. The lowest BCUT2D eigenvalue weighted by atomic mass is 10.2. The number of carboxylic acid groups (broad SMARTS) is 1. The minimum Gasteiger partial charge on any atom is -0.465 e. The van der Waals surface area contributed by atoms with E-state index < -0.39 is 6.09 Å². The molecule has 0 aliphatic rings. The fourth-order valence-corrected chi connectivity index (χ4v) is 1.17. The van der Waals surface area contributed by atoms with E-state index in [-0.39, 0.29) is 19.0 Å². The predicted octanol–water partition coefficient (Wildman–Crippen LogP) is 1.34. The Morgan fingerprint density at radius 3 is 2.25 bits per heavy atom. The van der Waals surface area contributed by atoms with Crippen molar-refractivity contribution in [2.24, 2.45) is 0 Å². The maximum Gasteiger partial charge on any atom is 0.404 e. The molecule has 6 heteroatoms. The van der Waals surface area contributed by atoms with Crippen LogP contribution in [-0.2, 0) is 0 Å². The van der Waals surface area contributed by atoms with E-state index >= 15 is 0 Å². The van der Waals surface area contributed by atoms with Crippen molar-refractivity contribution in [2.45, 2.75) is 0 Å². The van der Waals surface area contributed by atoms with Crippen LogP contribution in [0.2, 0.25) is 5.02 Å². The van der Waals surface area contributed by atoms with Crippen LogP contribution in [0.3, 0.4) is 0 Å². The van der Waals surface area contributed by atoms with Gasteiger partial charge in [0.05, 0.1) is 0 Å². The first-order chi connectivity index (χ1) is 7.59. The Labute approximate surface area is 97.4 Å². The number of nitrogens with one attached hydrogen (secondary N) is 2. The summed E-state index contributed by atoms with van der Waals surface area (Å²) in [7, 11) is 0. The second-order valence-corrected chi connectivity index (χ2v) is 3.43. The lowest BCUT2D eigenvalue weighted by Gasteiger charge is -2.04. The van der Waals surface area contributed by atoms with Gasteiger partial charge in [0.15, 0.2) is 0 Å². The van der Waals surface area contributed by atoms with Gasteiger partial charge < -0.3 is 15.7 Å². The van der Waals surface area contributed by atoms with Crippen LogP contribution in [0, 0.1) is 0 Å². The second-order valence-electron chi connectivity index (χ2n) is 2.99. The molecule has 3 N–H and O–H groups in total. The fraction of sp³-hybridized carbons (Fsp3) is 0.200. The van der Waals surface area contributed by atoms with E-state index in [4.69, 9.17) is 16.7 Å². The van der Waals surface area contributed by atoms with Gasteiger partial charge in [0.1, 0.15) is 0 Å². The summed E-state index contributed by atoms with van der Waals surface area (Å²) in [5, 5.41) is 13.6. The van der Waals surface area contributed by atoms with Crippen LogP contribution in [0.4, 0.5) is 4.79 Å². The summed E-state index contributed by atoms with van der Waals surface area (Å²) in [6, 6.07) is 6.43. The van der Waals surface area contributed by atoms with Crippen molar-refractivity contribution in [2.75, 3.05) is 13.1 Å². The zero-order valence-electron chi connectivity index (χ0n) is 8.37. The molecule has 86 valence electrons. The molecule has 0 aromatic heterocycles. The maximum atomic E-state index is 11.5. The Kier molecular flexibility index (Phi) is 4.60. The Hall–Kier alpha value is -1.75. The van der Waals surface area contributed by atoms with Gasteiger partial charge in [0.2, 0.25) is 0 Å². The number of benzene rings is 1. The van der Waals surface area contributed by atoms with Crippen LogP contribution in [0.5, 0.6) is 0 Å². The van der Waals surface area contributed by atoms with E-state index in [1.807, 2.05) is 0 Å². The lowest BCUT2D eigenvalue weighted by molar-refractivity contribution is 0.0953. The second kappa shape index (κ2) is 5.97. The molecule has 0 aliphatic heterocycles. The van der Waals surface area contributed by atoms with Crippen LogP contribution in [-0.4, -0.2) is 30.2 Å². The van der Waals surface area contributed by atoms with Crippen molar-refractivity contribution in [3.8, 4) is 0 Å². The molecular formula is C10H11ClN2O3. The van der Waals surface area contributed by atoms with Crippen LogP contribution in [0.1, 0.15) is 10.4 Å². The molecule has 1 aromatic rings. The van der Waals surface area contributed by atoms with Crippen LogP contribution >= 0.6 is 11.6 Å². The van der Waals surface area contributed by atoms with Crippen molar-refractivity contribution >= 4 is 23.6 Å². The molecule has 0 aliphatic carbocycles. The standard InChI is InChI=1S/C10H11ClN2O3/c11-8-3-1-7(2-4-8)9(14)12-5-6-13-10(15)16/h1-4,13H,5-6H2,(H,12,14)(H,15,16). The third kappa shape index (κ3) is 4.18. The molecular weight excluding hydrogens is 232 g/mol. The van der Waals surface area contributed by atoms with E-state index in [1.165, 1.54) is 0 Å². The topological polar surface area (TPSA) is 78.4 Å². The summed E-state index contributed by atoms with van der Waals surface area (Å²) < 4.78 is 0. The first-order valence-corrected chi connectivity index (χ1v) is 4.98. The van der Waals surface area contributed by atoms with Crippen molar-refractivity contribution < 1.29 is 14.7 Å². The summed E-state index contributed by atoms with van der Waals surface area (Å²) >= 11 is 5.67.